The molecule has 0 spiro atoms. The van der Waals surface area contributed by atoms with Gasteiger partial charge in [-0.1, -0.05) is 19.9 Å². The lowest BCUT2D eigenvalue weighted by Gasteiger charge is -2.48. The number of piperidine rings is 1. The fourth-order valence-corrected chi connectivity index (χ4v) is 6.72. The van der Waals surface area contributed by atoms with E-state index in [9.17, 15) is 13.6 Å². The third-order valence-electron chi connectivity index (χ3n) is 8.12. The molecule has 2 heterocycles. The molecule has 3 aliphatic rings. The zero-order chi connectivity index (χ0) is 21.3. The first-order valence-corrected chi connectivity index (χ1v) is 10.6. The average Bonchev–Trinajstić information content (AvgIpc) is 3.09. The summed E-state index contributed by atoms with van der Waals surface area (Å²) in [5.41, 5.74) is 7.41. The quantitative estimate of drug-likeness (QED) is 0.796. The fraction of sp³-hybridized carbons (Fsp3) is 0.522. The normalized spacial score (nSPS) is 29.1. The molecule has 5 rings (SSSR count). The molecular formula is C23H26F2N4O. The topological polar surface area (TPSA) is 72.1 Å². The minimum absolute atomic E-state index is 0.0816. The number of nitrogens with zero attached hydrogens (tertiary/aromatic N) is 3. The molecule has 2 N–H and O–H groups in total. The summed E-state index contributed by atoms with van der Waals surface area (Å²) in [4.78, 5) is 13.6. The molecule has 2 aliphatic carbocycles. The maximum absolute atomic E-state index is 14.4. The van der Waals surface area contributed by atoms with Crippen LogP contribution in [-0.2, 0) is 5.41 Å². The summed E-state index contributed by atoms with van der Waals surface area (Å²) in [6.07, 6.45) is 3.90. The highest BCUT2D eigenvalue weighted by atomic mass is 19.1. The van der Waals surface area contributed by atoms with Crippen LogP contribution in [0.15, 0.2) is 24.3 Å². The van der Waals surface area contributed by atoms with Crippen LogP contribution in [0.5, 0.6) is 0 Å². The highest BCUT2D eigenvalue weighted by molar-refractivity contribution is 5.72. The van der Waals surface area contributed by atoms with Gasteiger partial charge in [0.2, 0.25) is 0 Å². The number of carbonyl (C=O) groups is 1. The Hall–Kier alpha value is -2.57. The van der Waals surface area contributed by atoms with E-state index in [1.165, 1.54) is 18.2 Å². The Morgan fingerprint density at radius 2 is 1.93 bits per heavy atom. The number of fused-ring (bicyclic) bond motifs is 5. The van der Waals surface area contributed by atoms with Gasteiger partial charge in [0.1, 0.15) is 11.6 Å². The molecule has 30 heavy (non-hydrogen) atoms. The van der Waals surface area contributed by atoms with Gasteiger partial charge in [-0.2, -0.15) is 10.2 Å². The van der Waals surface area contributed by atoms with Crippen LogP contribution in [0.4, 0.5) is 13.6 Å². The van der Waals surface area contributed by atoms with Crippen molar-refractivity contribution in [3.63, 3.8) is 0 Å². The van der Waals surface area contributed by atoms with E-state index in [-0.39, 0.29) is 40.0 Å². The molecule has 1 saturated carbocycles. The SMILES string of the molecule is CC1(C)C2CCC1(C1CCCN(C(N)=O)C1)c1nnc(-c3c(F)cccc3F)cc12. The predicted molar refractivity (Wildman–Crippen MR) is 109 cm³/mol. The fourth-order valence-electron chi connectivity index (χ4n) is 6.72. The minimum atomic E-state index is -0.634. The van der Waals surface area contributed by atoms with Crippen molar-refractivity contribution in [2.75, 3.05) is 13.1 Å². The largest absolute Gasteiger partial charge is 0.351 e. The van der Waals surface area contributed by atoms with Crippen LogP contribution in [-0.4, -0.2) is 34.2 Å². The first kappa shape index (κ1) is 19.4. The van der Waals surface area contributed by atoms with Crippen molar-refractivity contribution in [2.24, 2.45) is 17.1 Å². The number of carbonyl (C=O) groups excluding carboxylic acids is 1. The lowest BCUT2D eigenvalue weighted by molar-refractivity contribution is 0.0697. The minimum Gasteiger partial charge on any atom is -0.351 e. The molecule has 2 bridgehead atoms. The van der Waals surface area contributed by atoms with E-state index in [4.69, 9.17) is 5.73 Å². The van der Waals surface area contributed by atoms with E-state index in [1.807, 2.05) is 6.07 Å². The standard InChI is InChI=1S/C23H26F2N4O/c1-22(2)15-8-9-23(22,13-5-4-10-29(12-13)21(26)30)20-14(15)11-18(27-28-20)19-16(24)6-3-7-17(19)25/h3,6-7,11,13,15H,4-5,8-10,12H2,1-2H3,(H2,26,30). The van der Waals surface area contributed by atoms with Gasteiger partial charge in [-0.25, -0.2) is 13.6 Å². The Morgan fingerprint density at radius 1 is 1.20 bits per heavy atom. The molecule has 2 aromatic rings. The number of nitrogens with two attached hydrogens (primary N) is 1. The summed E-state index contributed by atoms with van der Waals surface area (Å²) in [6, 6.07) is 5.30. The summed E-state index contributed by atoms with van der Waals surface area (Å²) in [5, 5.41) is 8.88. The number of primary amides is 1. The number of urea groups is 1. The second-order valence-corrected chi connectivity index (χ2v) is 9.54. The van der Waals surface area contributed by atoms with E-state index in [2.05, 4.69) is 24.0 Å². The third-order valence-corrected chi connectivity index (χ3v) is 8.12. The number of benzene rings is 1. The first-order valence-electron chi connectivity index (χ1n) is 10.6. The van der Waals surface area contributed by atoms with Crippen LogP contribution in [0, 0.1) is 23.0 Å². The van der Waals surface area contributed by atoms with Crippen LogP contribution in [0.2, 0.25) is 0 Å². The third kappa shape index (κ3) is 2.41. The Balaban J connectivity index is 1.62. The van der Waals surface area contributed by atoms with Gasteiger partial charge in [0.25, 0.3) is 0 Å². The van der Waals surface area contributed by atoms with Gasteiger partial charge in [-0.05, 0) is 66.7 Å². The summed E-state index contributed by atoms with van der Waals surface area (Å²) >= 11 is 0. The zero-order valence-corrected chi connectivity index (χ0v) is 17.3. The molecule has 0 radical (unpaired) electrons. The maximum Gasteiger partial charge on any atom is 0.314 e. The van der Waals surface area contributed by atoms with Gasteiger partial charge in [0.15, 0.2) is 0 Å². The van der Waals surface area contributed by atoms with Crippen molar-refractivity contribution in [1.29, 1.82) is 0 Å². The van der Waals surface area contributed by atoms with Crippen molar-refractivity contribution in [3.8, 4) is 11.3 Å². The van der Waals surface area contributed by atoms with Gasteiger partial charge in [-0.3, -0.25) is 0 Å². The maximum atomic E-state index is 14.4. The van der Waals surface area contributed by atoms with Gasteiger partial charge in [-0.15, -0.1) is 0 Å². The number of amides is 2. The summed E-state index contributed by atoms with van der Waals surface area (Å²) in [5.74, 6) is -0.776. The van der Waals surface area contributed by atoms with Crippen molar-refractivity contribution in [2.45, 2.75) is 50.9 Å². The number of aromatic nitrogens is 2. The molecule has 7 heteroatoms. The monoisotopic (exact) mass is 412 g/mol. The molecule has 3 unspecified atom stereocenters. The highest BCUT2D eigenvalue weighted by Gasteiger charge is 2.66. The molecule has 1 aliphatic heterocycles. The van der Waals surface area contributed by atoms with E-state index in [1.54, 1.807) is 4.90 Å². The van der Waals surface area contributed by atoms with Crippen molar-refractivity contribution in [3.05, 3.63) is 47.2 Å². The molecule has 1 aromatic carbocycles. The van der Waals surface area contributed by atoms with Crippen LogP contribution in [0.25, 0.3) is 11.3 Å². The lowest BCUT2D eigenvalue weighted by Crippen LogP contribution is -2.52. The molecule has 2 fully saturated rings. The molecule has 158 valence electrons. The van der Waals surface area contributed by atoms with E-state index >= 15 is 0 Å². The number of likely N-dealkylation sites (tertiary alicyclic amines) is 1. The molecule has 3 atom stereocenters. The smallest absolute Gasteiger partial charge is 0.314 e. The van der Waals surface area contributed by atoms with Crippen molar-refractivity contribution < 1.29 is 13.6 Å². The Morgan fingerprint density at radius 3 is 2.63 bits per heavy atom. The van der Waals surface area contributed by atoms with Crippen molar-refractivity contribution in [1.82, 2.24) is 15.1 Å². The number of rotatable bonds is 2. The number of halogens is 2. The Labute approximate surface area is 174 Å². The van der Waals surface area contributed by atoms with Gasteiger partial charge >= 0.3 is 6.03 Å². The van der Waals surface area contributed by atoms with E-state index < -0.39 is 11.6 Å². The molecule has 2 amide bonds. The van der Waals surface area contributed by atoms with Crippen LogP contribution >= 0.6 is 0 Å². The second kappa shape index (κ2) is 6.46. The Kier molecular flexibility index (Phi) is 4.18. The summed E-state index contributed by atoms with van der Waals surface area (Å²) in [6.45, 7) is 5.84. The van der Waals surface area contributed by atoms with Crippen LogP contribution in [0.1, 0.15) is 56.7 Å². The van der Waals surface area contributed by atoms with Gasteiger partial charge in [0, 0.05) is 18.5 Å². The second-order valence-electron chi connectivity index (χ2n) is 9.54. The summed E-state index contributed by atoms with van der Waals surface area (Å²) < 4.78 is 28.7. The van der Waals surface area contributed by atoms with Gasteiger partial charge < -0.3 is 10.6 Å². The molecule has 1 saturated heterocycles. The van der Waals surface area contributed by atoms with Crippen LogP contribution in [0.3, 0.4) is 0 Å². The molecule has 5 nitrogen and oxygen atoms in total. The highest BCUT2D eigenvalue weighted by Crippen LogP contribution is 2.70. The van der Waals surface area contributed by atoms with Gasteiger partial charge in [0.05, 0.1) is 17.0 Å². The van der Waals surface area contributed by atoms with E-state index in [0.717, 1.165) is 36.9 Å². The first-order chi connectivity index (χ1) is 14.3. The van der Waals surface area contributed by atoms with Crippen LogP contribution < -0.4 is 5.73 Å². The zero-order valence-electron chi connectivity index (χ0n) is 17.3. The number of hydrogen-bond donors (Lipinski definition) is 1. The average molecular weight is 412 g/mol. The molecular weight excluding hydrogens is 386 g/mol. The predicted octanol–water partition coefficient (Wildman–Crippen LogP) is 4.37. The lowest BCUT2D eigenvalue weighted by atomic mass is 9.59. The van der Waals surface area contributed by atoms with E-state index in [0.29, 0.717) is 13.1 Å². The Bertz CT molecular complexity index is 1020. The van der Waals surface area contributed by atoms with Crippen molar-refractivity contribution >= 4 is 6.03 Å². The number of hydrogen-bond acceptors (Lipinski definition) is 3. The molecule has 1 aromatic heterocycles. The summed E-state index contributed by atoms with van der Waals surface area (Å²) in [7, 11) is 0.